The number of ether oxygens (including phenoxy) is 1. The average Bonchev–Trinajstić information content (AvgIpc) is 3.26. The maximum atomic E-state index is 12.4. The van der Waals surface area contributed by atoms with Crippen molar-refractivity contribution >= 4 is 29.4 Å². The van der Waals surface area contributed by atoms with Gasteiger partial charge in [-0.25, -0.2) is 4.79 Å². The Balaban J connectivity index is 1.65. The van der Waals surface area contributed by atoms with Gasteiger partial charge in [0, 0.05) is 12.1 Å². The van der Waals surface area contributed by atoms with Crippen molar-refractivity contribution in [1.29, 1.82) is 0 Å². The van der Waals surface area contributed by atoms with Gasteiger partial charge in [-0.2, -0.15) is 0 Å². The highest BCUT2D eigenvalue weighted by Crippen LogP contribution is 2.24. The summed E-state index contributed by atoms with van der Waals surface area (Å²) < 4.78 is 11.2. The molecule has 0 saturated carbocycles. The number of para-hydroxylation sites is 1. The first kappa shape index (κ1) is 25.3. The Morgan fingerprint density at radius 3 is 2.47 bits per heavy atom. The van der Waals surface area contributed by atoms with Crippen LogP contribution in [0.2, 0.25) is 0 Å². The molecule has 2 N–H and O–H groups in total. The summed E-state index contributed by atoms with van der Waals surface area (Å²) in [6.07, 6.45) is 0.694. The van der Waals surface area contributed by atoms with E-state index < -0.39 is 17.7 Å². The van der Waals surface area contributed by atoms with E-state index in [0.29, 0.717) is 6.42 Å². The molecular weight excluding hydrogens is 452 g/mol. The summed E-state index contributed by atoms with van der Waals surface area (Å²) in [5, 5.41) is 14.1. The molecule has 0 aliphatic heterocycles. The Morgan fingerprint density at radius 2 is 1.76 bits per heavy atom. The number of alkyl carbamates (subject to hydrolysis) is 1. The molecule has 2 amide bonds. The lowest BCUT2D eigenvalue weighted by Crippen LogP contribution is -2.36. The van der Waals surface area contributed by atoms with Gasteiger partial charge in [-0.05, 0) is 44.4 Å². The fourth-order valence-corrected chi connectivity index (χ4v) is 3.75. The Morgan fingerprint density at radius 1 is 1.06 bits per heavy atom. The normalized spacial score (nSPS) is 12.1. The number of hydrogen-bond acceptors (Lipinski definition) is 7. The van der Waals surface area contributed by atoms with E-state index in [1.54, 1.807) is 20.8 Å². The zero-order valence-corrected chi connectivity index (χ0v) is 20.6. The second-order valence-corrected chi connectivity index (χ2v) is 9.57. The molecule has 0 fully saturated rings. The highest BCUT2D eigenvalue weighted by Gasteiger charge is 2.25. The predicted molar refractivity (Wildman–Crippen MR) is 132 cm³/mol. The number of amides is 2. The summed E-state index contributed by atoms with van der Waals surface area (Å²) in [6, 6.07) is 16.8. The predicted octanol–water partition coefficient (Wildman–Crippen LogP) is 5.17. The molecule has 9 heteroatoms. The van der Waals surface area contributed by atoms with Crippen molar-refractivity contribution < 1.29 is 18.7 Å². The van der Waals surface area contributed by atoms with Crippen LogP contribution in [0, 0.1) is 0 Å². The molecule has 0 bridgehead atoms. The van der Waals surface area contributed by atoms with Crippen LogP contribution in [0.5, 0.6) is 0 Å². The molecule has 2 aromatic carbocycles. The van der Waals surface area contributed by atoms with Crippen LogP contribution in [0.1, 0.15) is 50.8 Å². The van der Waals surface area contributed by atoms with Crippen molar-refractivity contribution in [3.05, 3.63) is 71.6 Å². The molecule has 180 valence electrons. The summed E-state index contributed by atoms with van der Waals surface area (Å²) in [4.78, 5) is 24.8. The molecule has 0 saturated heterocycles. The fourth-order valence-electron chi connectivity index (χ4n) is 3.18. The van der Waals surface area contributed by atoms with Crippen molar-refractivity contribution in [2.75, 3.05) is 11.1 Å². The van der Waals surface area contributed by atoms with Gasteiger partial charge in [0.15, 0.2) is 0 Å². The van der Waals surface area contributed by atoms with Gasteiger partial charge in [0.1, 0.15) is 11.6 Å². The standard InChI is InChI=1S/C25H30N4O4S/c1-5-18-13-9-10-14-19(18)26-21(30)16-34-24-29-28-22(32-24)20(15-17-11-7-6-8-12-17)27-23(31)33-25(2,3)4/h6-14,20H,5,15-16H2,1-4H3,(H,26,30)(H,27,31)/t20-/m0/s1. The largest absolute Gasteiger partial charge is 0.444 e. The van der Waals surface area contributed by atoms with Crippen molar-refractivity contribution in [2.45, 2.75) is 57.4 Å². The van der Waals surface area contributed by atoms with Crippen LogP contribution in [0.4, 0.5) is 10.5 Å². The van der Waals surface area contributed by atoms with E-state index in [1.165, 1.54) is 0 Å². The van der Waals surface area contributed by atoms with Crippen LogP contribution >= 0.6 is 11.8 Å². The molecule has 0 spiro atoms. The second-order valence-electron chi connectivity index (χ2n) is 8.64. The highest BCUT2D eigenvalue weighted by atomic mass is 32.2. The lowest BCUT2D eigenvalue weighted by atomic mass is 10.1. The van der Waals surface area contributed by atoms with Gasteiger partial charge in [-0.15, -0.1) is 10.2 Å². The molecule has 0 unspecified atom stereocenters. The number of nitrogens with zero attached hydrogens (tertiary/aromatic N) is 2. The third-order valence-corrected chi connectivity index (χ3v) is 5.51. The topological polar surface area (TPSA) is 106 Å². The third-order valence-electron chi connectivity index (χ3n) is 4.69. The number of aromatic nitrogens is 2. The van der Waals surface area contributed by atoms with Crippen molar-refractivity contribution in [3.63, 3.8) is 0 Å². The van der Waals surface area contributed by atoms with Crippen LogP contribution in [-0.2, 0) is 22.4 Å². The molecule has 34 heavy (non-hydrogen) atoms. The lowest BCUT2D eigenvalue weighted by molar-refractivity contribution is -0.113. The molecule has 8 nitrogen and oxygen atoms in total. The van der Waals surface area contributed by atoms with E-state index in [1.807, 2.05) is 61.5 Å². The van der Waals surface area contributed by atoms with Crippen LogP contribution in [0.15, 0.2) is 64.2 Å². The van der Waals surface area contributed by atoms with Gasteiger partial charge in [-0.1, -0.05) is 67.2 Å². The number of hydrogen-bond donors (Lipinski definition) is 2. The Hall–Kier alpha value is -3.33. The minimum atomic E-state index is -0.638. The first-order valence-corrected chi connectivity index (χ1v) is 12.1. The molecule has 0 radical (unpaired) electrons. The van der Waals surface area contributed by atoms with E-state index in [9.17, 15) is 9.59 Å². The van der Waals surface area contributed by atoms with Gasteiger partial charge in [0.05, 0.1) is 5.75 Å². The minimum Gasteiger partial charge on any atom is -0.444 e. The smallest absolute Gasteiger partial charge is 0.408 e. The van der Waals surface area contributed by atoms with E-state index in [-0.39, 0.29) is 22.8 Å². The summed E-state index contributed by atoms with van der Waals surface area (Å²) in [5.74, 6) is 0.190. The van der Waals surface area contributed by atoms with Gasteiger partial charge >= 0.3 is 6.09 Å². The average molecular weight is 483 g/mol. The second kappa shape index (κ2) is 11.7. The van der Waals surface area contributed by atoms with E-state index >= 15 is 0 Å². The van der Waals surface area contributed by atoms with Crippen molar-refractivity contribution in [3.8, 4) is 0 Å². The molecule has 1 aromatic heterocycles. The molecule has 0 aliphatic rings. The Bertz CT molecular complexity index is 1100. The summed E-state index contributed by atoms with van der Waals surface area (Å²) in [5.41, 5.74) is 2.22. The number of anilines is 1. The molecule has 3 rings (SSSR count). The molecule has 0 aliphatic carbocycles. The number of carbonyl (C=O) groups is 2. The quantitative estimate of drug-likeness (QED) is 0.405. The summed E-state index contributed by atoms with van der Waals surface area (Å²) >= 11 is 1.14. The van der Waals surface area contributed by atoms with Crippen LogP contribution < -0.4 is 10.6 Å². The maximum absolute atomic E-state index is 12.4. The highest BCUT2D eigenvalue weighted by molar-refractivity contribution is 7.99. The number of benzene rings is 2. The number of aryl methyl sites for hydroxylation is 1. The van der Waals surface area contributed by atoms with Gasteiger partial charge in [0.2, 0.25) is 11.8 Å². The maximum Gasteiger partial charge on any atom is 0.408 e. The lowest BCUT2D eigenvalue weighted by Gasteiger charge is -2.22. The first-order valence-electron chi connectivity index (χ1n) is 11.1. The minimum absolute atomic E-state index is 0.114. The first-order chi connectivity index (χ1) is 16.2. The SMILES string of the molecule is CCc1ccccc1NC(=O)CSc1nnc([C@H](Cc2ccccc2)NC(=O)OC(C)(C)C)o1. The van der Waals surface area contributed by atoms with E-state index in [2.05, 4.69) is 20.8 Å². The monoisotopic (exact) mass is 482 g/mol. The fraction of sp³-hybridized carbons (Fsp3) is 0.360. The molecule has 3 aromatic rings. The van der Waals surface area contributed by atoms with Gasteiger partial charge in [0.25, 0.3) is 5.22 Å². The molecule has 1 atom stereocenters. The van der Waals surface area contributed by atoms with E-state index in [0.717, 1.165) is 35.0 Å². The third kappa shape index (κ3) is 7.91. The van der Waals surface area contributed by atoms with Crippen LogP contribution in [0.25, 0.3) is 0 Å². The van der Waals surface area contributed by atoms with Crippen LogP contribution in [0.3, 0.4) is 0 Å². The Labute approximate surface area is 203 Å². The number of carbonyl (C=O) groups excluding carboxylic acids is 2. The number of nitrogens with one attached hydrogen (secondary N) is 2. The van der Waals surface area contributed by atoms with Gasteiger partial charge < -0.3 is 19.8 Å². The molecular formula is C25H30N4O4S. The summed E-state index contributed by atoms with van der Waals surface area (Å²) in [6.45, 7) is 7.43. The Kier molecular flexibility index (Phi) is 8.70. The van der Waals surface area contributed by atoms with Crippen molar-refractivity contribution in [1.82, 2.24) is 15.5 Å². The van der Waals surface area contributed by atoms with Gasteiger partial charge in [-0.3, -0.25) is 4.79 Å². The van der Waals surface area contributed by atoms with Crippen molar-refractivity contribution in [2.24, 2.45) is 0 Å². The number of thioether (sulfide) groups is 1. The summed E-state index contributed by atoms with van der Waals surface area (Å²) in [7, 11) is 0. The van der Waals surface area contributed by atoms with Crippen LogP contribution in [-0.4, -0.2) is 33.6 Å². The zero-order valence-electron chi connectivity index (χ0n) is 19.8. The zero-order chi connectivity index (χ0) is 24.6. The number of rotatable bonds is 9. The molecule has 1 heterocycles. The van der Waals surface area contributed by atoms with E-state index in [4.69, 9.17) is 9.15 Å².